The molecule has 0 N–H and O–H groups in total. The molecule has 0 atom stereocenters. The summed E-state index contributed by atoms with van der Waals surface area (Å²) in [6.07, 6.45) is 4.34. The minimum atomic E-state index is -0.0453. The molecule has 1 aromatic carbocycles. The van der Waals surface area contributed by atoms with Crippen LogP contribution in [0.4, 0.5) is 4.39 Å². The fourth-order valence-electron chi connectivity index (χ4n) is 1.42. The van der Waals surface area contributed by atoms with E-state index < -0.39 is 0 Å². The van der Waals surface area contributed by atoms with Gasteiger partial charge in [0, 0.05) is 0 Å². The van der Waals surface area contributed by atoms with Crippen LogP contribution in [0.3, 0.4) is 0 Å². The van der Waals surface area contributed by atoms with Crippen LogP contribution in [0, 0.1) is 12.7 Å². The van der Waals surface area contributed by atoms with Crippen molar-refractivity contribution in [3.8, 4) is 0 Å². The van der Waals surface area contributed by atoms with Crippen molar-refractivity contribution in [1.82, 2.24) is 0 Å². The number of halogens is 1. The fourth-order valence-corrected chi connectivity index (χ4v) is 1.42. The molecule has 1 heteroatoms. The third-order valence-electron chi connectivity index (χ3n) is 2.26. The summed E-state index contributed by atoms with van der Waals surface area (Å²) in [6, 6.07) is 5.49. The molecule has 0 nitrogen and oxygen atoms in total. The molecule has 1 aromatic rings. The zero-order valence-electron chi connectivity index (χ0n) is 8.44. The lowest BCUT2D eigenvalue weighted by atomic mass is 10.1. The highest BCUT2D eigenvalue weighted by Gasteiger charge is 2.00. The van der Waals surface area contributed by atoms with Crippen LogP contribution in [0.25, 0.3) is 0 Å². The molecule has 0 bridgehead atoms. The molecule has 0 aliphatic carbocycles. The molecule has 0 aliphatic heterocycles. The van der Waals surface area contributed by atoms with E-state index in [0.717, 1.165) is 24.0 Å². The number of hydrogen-bond acceptors (Lipinski definition) is 0. The third kappa shape index (κ3) is 3.17. The maximum Gasteiger partial charge on any atom is 0.126 e. The molecular weight excluding hydrogens is 163 g/mol. The van der Waals surface area contributed by atoms with E-state index in [9.17, 15) is 4.39 Å². The van der Waals surface area contributed by atoms with Gasteiger partial charge >= 0.3 is 0 Å². The lowest BCUT2D eigenvalue weighted by Gasteiger charge is -2.03. The molecule has 0 unspecified atom stereocenters. The quantitative estimate of drug-likeness (QED) is 0.617. The van der Waals surface area contributed by atoms with Gasteiger partial charge in [-0.2, -0.15) is 0 Å². The van der Waals surface area contributed by atoms with Gasteiger partial charge < -0.3 is 0 Å². The van der Waals surface area contributed by atoms with Crippen LogP contribution in [0.2, 0.25) is 0 Å². The van der Waals surface area contributed by atoms with Crippen LogP contribution in [0.1, 0.15) is 37.3 Å². The monoisotopic (exact) mass is 180 g/mol. The van der Waals surface area contributed by atoms with Gasteiger partial charge in [0.15, 0.2) is 0 Å². The molecule has 0 fully saturated rings. The van der Waals surface area contributed by atoms with Gasteiger partial charge in [-0.15, -0.1) is 0 Å². The van der Waals surface area contributed by atoms with E-state index in [1.165, 1.54) is 12.8 Å². The SMILES string of the molecule is CCCCCc1ccc(C)cc1F. The fraction of sp³-hybridized carbons (Fsp3) is 0.500. The van der Waals surface area contributed by atoms with Crippen molar-refractivity contribution < 1.29 is 4.39 Å². The van der Waals surface area contributed by atoms with E-state index >= 15 is 0 Å². The van der Waals surface area contributed by atoms with Crippen LogP contribution in [0.15, 0.2) is 18.2 Å². The Balaban J connectivity index is 2.56. The zero-order valence-corrected chi connectivity index (χ0v) is 8.44. The molecule has 0 saturated carbocycles. The molecule has 72 valence electrons. The first-order chi connectivity index (χ1) is 6.24. The maximum absolute atomic E-state index is 13.3. The first-order valence-corrected chi connectivity index (χ1v) is 4.99. The Morgan fingerprint density at radius 2 is 2.00 bits per heavy atom. The molecule has 1 rings (SSSR count). The van der Waals surface area contributed by atoms with Gasteiger partial charge in [0.25, 0.3) is 0 Å². The summed E-state index contributed by atoms with van der Waals surface area (Å²) in [5, 5.41) is 0. The van der Waals surface area contributed by atoms with Crippen molar-refractivity contribution in [1.29, 1.82) is 0 Å². The largest absolute Gasteiger partial charge is 0.207 e. The molecule has 0 radical (unpaired) electrons. The Morgan fingerprint density at radius 1 is 1.23 bits per heavy atom. The molecule has 13 heavy (non-hydrogen) atoms. The van der Waals surface area contributed by atoms with Crippen LogP contribution in [-0.2, 0) is 6.42 Å². The minimum Gasteiger partial charge on any atom is -0.207 e. The second-order valence-corrected chi connectivity index (χ2v) is 3.55. The van der Waals surface area contributed by atoms with Gasteiger partial charge in [-0.05, 0) is 37.0 Å². The van der Waals surface area contributed by atoms with Crippen LogP contribution >= 0.6 is 0 Å². The standard InChI is InChI=1S/C12H17F/c1-3-4-5-6-11-8-7-10(2)9-12(11)13/h7-9H,3-6H2,1-2H3. The third-order valence-corrected chi connectivity index (χ3v) is 2.26. The zero-order chi connectivity index (χ0) is 9.68. The van der Waals surface area contributed by atoms with Gasteiger partial charge in [-0.1, -0.05) is 31.9 Å². The van der Waals surface area contributed by atoms with E-state index in [-0.39, 0.29) is 5.82 Å². The lowest BCUT2D eigenvalue weighted by Crippen LogP contribution is -1.91. The number of rotatable bonds is 4. The maximum atomic E-state index is 13.3. The normalized spacial score (nSPS) is 10.4. The predicted molar refractivity (Wildman–Crippen MR) is 54.4 cm³/mol. The predicted octanol–water partition coefficient (Wildman–Crippen LogP) is 3.87. The van der Waals surface area contributed by atoms with E-state index in [0.29, 0.717) is 0 Å². The van der Waals surface area contributed by atoms with Crippen molar-refractivity contribution in [2.75, 3.05) is 0 Å². The molecule has 0 spiro atoms. The van der Waals surface area contributed by atoms with E-state index in [1.54, 1.807) is 6.07 Å². The highest BCUT2D eigenvalue weighted by molar-refractivity contribution is 5.23. The number of aryl methyl sites for hydroxylation is 2. The Labute approximate surface area is 79.8 Å². The van der Waals surface area contributed by atoms with E-state index in [1.807, 2.05) is 19.1 Å². The summed E-state index contributed by atoms with van der Waals surface area (Å²) >= 11 is 0. The Bertz CT molecular complexity index is 266. The van der Waals surface area contributed by atoms with Crippen molar-refractivity contribution in [3.63, 3.8) is 0 Å². The average molecular weight is 180 g/mol. The van der Waals surface area contributed by atoms with Crippen LogP contribution in [0.5, 0.6) is 0 Å². The number of benzene rings is 1. The smallest absolute Gasteiger partial charge is 0.126 e. The highest BCUT2D eigenvalue weighted by atomic mass is 19.1. The van der Waals surface area contributed by atoms with E-state index in [4.69, 9.17) is 0 Å². The first kappa shape index (κ1) is 10.2. The Morgan fingerprint density at radius 3 is 2.62 bits per heavy atom. The van der Waals surface area contributed by atoms with Crippen molar-refractivity contribution in [2.45, 2.75) is 39.5 Å². The highest BCUT2D eigenvalue weighted by Crippen LogP contribution is 2.13. The molecular formula is C12H17F. The number of hydrogen-bond donors (Lipinski definition) is 0. The first-order valence-electron chi connectivity index (χ1n) is 4.99. The molecule has 0 heterocycles. The van der Waals surface area contributed by atoms with Gasteiger partial charge in [-0.25, -0.2) is 4.39 Å². The molecule has 0 aliphatic rings. The Kier molecular flexibility index (Phi) is 3.94. The average Bonchev–Trinajstić information content (AvgIpc) is 2.09. The molecule has 0 saturated heterocycles. The topological polar surface area (TPSA) is 0 Å². The minimum absolute atomic E-state index is 0.0453. The van der Waals surface area contributed by atoms with Crippen molar-refractivity contribution >= 4 is 0 Å². The van der Waals surface area contributed by atoms with Crippen LogP contribution < -0.4 is 0 Å². The van der Waals surface area contributed by atoms with Crippen LogP contribution in [-0.4, -0.2) is 0 Å². The molecule has 0 aromatic heterocycles. The summed E-state index contributed by atoms with van der Waals surface area (Å²) in [5.74, 6) is -0.0453. The van der Waals surface area contributed by atoms with Gasteiger partial charge in [0.05, 0.1) is 0 Å². The van der Waals surface area contributed by atoms with Crippen molar-refractivity contribution in [3.05, 3.63) is 35.1 Å². The van der Waals surface area contributed by atoms with Gasteiger partial charge in [-0.3, -0.25) is 0 Å². The van der Waals surface area contributed by atoms with Gasteiger partial charge in [0.1, 0.15) is 5.82 Å². The second-order valence-electron chi connectivity index (χ2n) is 3.55. The van der Waals surface area contributed by atoms with Crippen molar-refractivity contribution in [2.24, 2.45) is 0 Å². The second kappa shape index (κ2) is 5.00. The summed E-state index contributed by atoms with van der Waals surface area (Å²) in [6.45, 7) is 4.07. The summed E-state index contributed by atoms with van der Waals surface area (Å²) in [7, 11) is 0. The summed E-state index contributed by atoms with van der Waals surface area (Å²) in [4.78, 5) is 0. The van der Waals surface area contributed by atoms with Gasteiger partial charge in [0.2, 0.25) is 0 Å². The van der Waals surface area contributed by atoms with E-state index in [2.05, 4.69) is 6.92 Å². The number of unbranched alkanes of at least 4 members (excludes halogenated alkanes) is 2. The molecule has 0 amide bonds. The Hall–Kier alpha value is -0.850. The summed E-state index contributed by atoms with van der Waals surface area (Å²) < 4.78 is 13.3. The lowest BCUT2D eigenvalue weighted by molar-refractivity contribution is 0.597. The summed E-state index contributed by atoms with van der Waals surface area (Å²) in [5.41, 5.74) is 1.86.